The van der Waals surface area contributed by atoms with Gasteiger partial charge in [-0.25, -0.2) is 0 Å². The van der Waals surface area contributed by atoms with Gasteiger partial charge in [-0.15, -0.1) is 5.10 Å². The van der Waals surface area contributed by atoms with Crippen molar-refractivity contribution in [3.8, 4) is 6.07 Å². The standard InChI is InChI=1S/C21H21N7/c22-14-18-8-4-5-9-19(18)24-21-25-20(15-23-26-21)28-12-10-27(11-13-28)16-17-6-2-1-3-7-17/h1-9,15H,10-13,16H2,(H,24,25,26). The molecule has 7 nitrogen and oxygen atoms in total. The number of para-hydroxylation sites is 1. The molecule has 1 aliphatic heterocycles. The summed E-state index contributed by atoms with van der Waals surface area (Å²) in [5, 5.41) is 20.5. The number of aromatic nitrogens is 3. The van der Waals surface area contributed by atoms with Gasteiger partial charge in [0.15, 0.2) is 5.82 Å². The molecule has 1 saturated heterocycles. The largest absolute Gasteiger partial charge is 0.353 e. The van der Waals surface area contributed by atoms with Crippen LogP contribution in [0.5, 0.6) is 0 Å². The lowest BCUT2D eigenvalue weighted by Gasteiger charge is -2.35. The molecule has 28 heavy (non-hydrogen) atoms. The van der Waals surface area contributed by atoms with Crippen LogP contribution in [0.3, 0.4) is 0 Å². The van der Waals surface area contributed by atoms with E-state index in [1.54, 1.807) is 12.3 Å². The molecule has 3 aromatic rings. The minimum atomic E-state index is 0.395. The number of benzene rings is 2. The van der Waals surface area contributed by atoms with Crippen LogP contribution in [0, 0.1) is 11.3 Å². The van der Waals surface area contributed by atoms with Crippen molar-refractivity contribution < 1.29 is 0 Å². The van der Waals surface area contributed by atoms with Crippen molar-refractivity contribution in [2.75, 3.05) is 36.4 Å². The molecule has 1 aromatic heterocycles. The fourth-order valence-electron chi connectivity index (χ4n) is 3.29. The number of anilines is 3. The molecular weight excluding hydrogens is 350 g/mol. The van der Waals surface area contributed by atoms with Gasteiger partial charge in [-0.3, -0.25) is 4.90 Å². The summed E-state index contributed by atoms with van der Waals surface area (Å²) in [5.41, 5.74) is 2.56. The zero-order valence-electron chi connectivity index (χ0n) is 15.5. The predicted octanol–water partition coefficient (Wildman–Crippen LogP) is 2.81. The van der Waals surface area contributed by atoms with Crippen molar-refractivity contribution in [2.24, 2.45) is 0 Å². The van der Waals surface area contributed by atoms with Crippen molar-refractivity contribution in [1.82, 2.24) is 20.1 Å². The highest BCUT2D eigenvalue weighted by atomic mass is 15.3. The summed E-state index contributed by atoms with van der Waals surface area (Å²) in [6.07, 6.45) is 1.69. The van der Waals surface area contributed by atoms with E-state index in [2.05, 4.69) is 60.6 Å². The highest BCUT2D eigenvalue weighted by Gasteiger charge is 2.19. The first kappa shape index (κ1) is 17.9. The fraction of sp³-hybridized carbons (Fsp3) is 0.238. The molecule has 0 unspecified atom stereocenters. The summed E-state index contributed by atoms with van der Waals surface area (Å²) in [4.78, 5) is 9.26. The molecule has 140 valence electrons. The first-order valence-electron chi connectivity index (χ1n) is 9.29. The van der Waals surface area contributed by atoms with E-state index in [0.29, 0.717) is 17.2 Å². The third-order valence-electron chi connectivity index (χ3n) is 4.79. The molecule has 0 aliphatic carbocycles. The van der Waals surface area contributed by atoms with Gasteiger partial charge in [-0.2, -0.15) is 15.3 Å². The van der Waals surface area contributed by atoms with Crippen molar-refractivity contribution >= 4 is 17.5 Å². The van der Waals surface area contributed by atoms with E-state index in [-0.39, 0.29) is 0 Å². The van der Waals surface area contributed by atoms with Crippen molar-refractivity contribution in [3.63, 3.8) is 0 Å². The Morgan fingerprint density at radius 2 is 1.71 bits per heavy atom. The molecule has 0 atom stereocenters. The summed E-state index contributed by atoms with van der Waals surface area (Å²) < 4.78 is 0. The van der Waals surface area contributed by atoms with Gasteiger partial charge in [0, 0.05) is 32.7 Å². The van der Waals surface area contributed by atoms with Crippen LogP contribution in [0.15, 0.2) is 60.8 Å². The monoisotopic (exact) mass is 371 g/mol. The van der Waals surface area contributed by atoms with Crippen LogP contribution >= 0.6 is 0 Å². The zero-order chi connectivity index (χ0) is 19.2. The smallest absolute Gasteiger partial charge is 0.249 e. The molecule has 0 bridgehead atoms. The number of nitrogens with one attached hydrogen (secondary N) is 1. The Kier molecular flexibility index (Phi) is 5.41. The van der Waals surface area contributed by atoms with Gasteiger partial charge < -0.3 is 10.2 Å². The van der Waals surface area contributed by atoms with Crippen LogP contribution in [-0.4, -0.2) is 46.3 Å². The van der Waals surface area contributed by atoms with Gasteiger partial charge in [0.25, 0.3) is 0 Å². The molecule has 0 spiro atoms. The molecule has 0 saturated carbocycles. The van der Waals surface area contributed by atoms with Crippen LogP contribution < -0.4 is 10.2 Å². The molecule has 1 aliphatic rings. The third kappa shape index (κ3) is 4.24. The third-order valence-corrected chi connectivity index (χ3v) is 4.79. The Bertz CT molecular complexity index is 960. The number of nitriles is 1. The van der Waals surface area contributed by atoms with Crippen LogP contribution in [0.25, 0.3) is 0 Å². The number of nitrogens with zero attached hydrogens (tertiary/aromatic N) is 6. The molecule has 1 fully saturated rings. The van der Waals surface area contributed by atoms with E-state index >= 15 is 0 Å². The van der Waals surface area contributed by atoms with Gasteiger partial charge in [-0.05, 0) is 17.7 Å². The van der Waals surface area contributed by atoms with E-state index in [1.807, 2.05) is 24.3 Å². The molecule has 0 amide bonds. The first-order valence-corrected chi connectivity index (χ1v) is 9.29. The van der Waals surface area contributed by atoms with Gasteiger partial charge in [-0.1, -0.05) is 42.5 Å². The lowest BCUT2D eigenvalue weighted by molar-refractivity contribution is 0.249. The summed E-state index contributed by atoms with van der Waals surface area (Å²) in [6, 6.07) is 20.0. The number of hydrogen-bond donors (Lipinski definition) is 1. The quantitative estimate of drug-likeness (QED) is 0.738. The molecule has 7 heteroatoms. The topological polar surface area (TPSA) is 81.0 Å². The first-order chi connectivity index (χ1) is 13.8. The Hall–Kier alpha value is -3.50. The van der Waals surface area contributed by atoms with E-state index in [0.717, 1.165) is 38.5 Å². The maximum atomic E-state index is 9.23. The minimum Gasteiger partial charge on any atom is -0.353 e. The van der Waals surface area contributed by atoms with E-state index < -0.39 is 0 Å². The van der Waals surface area contributed by atoms with Crippen LogP contribution in [-0.2, 0) is 6.54 Å². The van der Waals surface area contributed by atoms with Gasteiger partial charge in [0.1, 0.15) is 6.07 Å². The fourth-order valence-corrected chi connectivity index (χ4v) is 3.29. The molecule has 4 rings (SSSR count). The molecule has 0 radical (unpaired) electrons. The lowest BCUT2D eigenvalue weighted by atomic mass is 10.2. The zero-order valence-corrected chi connectivity index (χ0v) is 15.5. The van der Waals surface area contributed by atoms with Crippen LogP contribution in [0.2, 0.25) is 0 Å². The second-order valence-corrected chi connectivity index (χ2v) is 6.67. The molecule has 1 N–H and O–H groups in total. The number of hydrogen-bond acceptors (Lipinski definition) is 7. The van der Waals surface area contributed by atoms with E-state index in [4.69, 9.17) is 0 Å². The number of piperazine rings is 1. The highest BCUT2D eigenvalue weighted by Crippen LogP contribution is 2.20. The summed E-state index contributed by atoms with van der Waals surface area (Å²) in [6.45, 7) is 4.69. The normalized spacial score (nSPS) is 14.5. The second-order valence-electron chi connectivity index (χ2n) is 6.67. The Morgan fingerprint density at radius 1 is 0.964 bits per heavy atom. The predicted molar refractivity (Wildman–Crippen MR) is 108 cm³/mol. The molecule has 2 aromatic carbocycles. The Morgan fingerprint density at radius 3 is 2.50 bits per heavy atom. The second kappa shape index (κ2) is 8.46. The van der Waals surface area contributed by atoms with Crippen LogP contribution in [0.1, 0.15) is 11.1 Å². The summed E-state index contributed by atoms with van der Waals surface area (Å²) >= 11 is 0. The van der Waals surface area contributed by atoms with Gasteiger partial charge in [0.2, 0.25) is 5.95 Å². The average Bonchev–Trinajstić information content (AvgIpc) is 2.76. The van der Waals surface area contributed by atoms with Gasteiger partial charge in [0.05, 0.1) is 17.4 Å². The summed E-state index contributed by atoms with van der Waals surface area (Å²) in [5.74, 6) is 1.19. The van der Waals surface area contributed by atoms with Crippen molar-refractivity contribution in [1.29, 1.82) is 5.26 Å². The van der Waals surface area contributed by atoms with E-state index in [1.165, 1.54) is 5.56 Å². The molecular formula is C21H21N7. The maximum Gasteiger partial charge on any atom is 0.249 e. The van der Waals surface area contributed by atoms with Crippen molar-refractivity contribution in [2.45, 2.75) is 6.54 Å². The lowest BCUT2D eigenvalue weighted by Crippen LogP contribution is -2.46. The van der Waals surface area contributed by atoms with Crippen LogP contribution in [0.4, 0.5) is 17.5 Å². The van der Waals surface area contributed by atoms with Gasteiger partial charge >= 0.3 is 0 Å². The van der Waals surface area contributed by atoms with E-state index in [9.17, 15) is 5.26 Å². The SMILES string of the molecule is N#Cc1ccccc1Nc1nncc(N2CCN(Cc3ccccc3)CC2)n1. The molecule has 2 heterocycles. The summed E-state index contributed by atoms with van der Waals surface area (Å²) in [7, 11) is 0. The maximum absolute atomic E-state index is 9.23. The Labute approximate surface area is 164 Å². The minimum absolute atomic E-state index is 0.395. The Balaban J connectivity index is 1.39. The highest BCUT2D eigenvalue weighted by molar-refractivity contribution is 5.63. The number of rotatable bonds is 5. The average molecular weight is 371 g/mol. The van der Waals surface area contributed by atoms with Crippen molar-refractivity contribution in [3.05, 3.63) is 71.9 Å².